The van der Waals surface area contributed by atoms with Crippen molar-refractivity contribution in [3.8, 4) is 5.75 Å². The Kier molecular flexibility index (Phi) is 7.59. The normalized spacial score (nSPS) is 21.5. The molecular weight excluding hydrogens is 420 g/mol. The number of methoxy groups -OCH3 is 1. The van der Waals surface area contributed by atoms with Crippen LogP contribution in [0.3, 0.4) is 0 Å². The van der Waals surface area contributed by atoms with Gasteiger partial charge in [0.25, 0.3) is 5.91 Å². The van der Waals surface area contributed by atoms with E-state index in [1.54, 1.807) is 0 Å². The summed E-state index contributed by atoms with van der Waals surface area (Å²) in [6.07, 6.45) is 5.62. The van der Waals surface area contributed by atoms with Gasteiger partial charge in [0, 0.05) is 18.6 Å². The SMILES string of the molecule is COc1ccc(C(=O)O[C@@H](C)C(=O)NC2CCCC2)cc1S(=O)(=O)N1CCCC[C@H]1C. The fourth-order valence-corrected chi connectivity index (χ4v) is 6.11. The van der Waals surface area contributed by atoms with E-state index in [1.807, 2.05) is 6.92 Å². The second kappa shape index (κ2) is 9.99. The Labute approximate surface area is 184 Å². The highest BCUT2D eigenvalue weighted by Gasteiger charge is 2.34. The molecule has 0 radical (unpaired) electrons. The average molecular weight is 453 g/mol. The molecule has 1 saturated heterocycles. The van der Waals surface area contributed by atoms with Gasteiger partial charge in [-0.05, 0) is 57.7 Å². The molecule has 3 rings (SSSR count). The van der Waals surface area contributed by atoms with E-state index < -0.39 is 22.1 Å². The van der Waals surface area contributed by atoms with E-state index in [0.29, 0.717) is 6.54 Å². The summed E-state index contributed by atoms with van der Waals surface area (Å²) in [5.74, 6) is -0.926. The second-order valence-corrected chi connectivity index (χ2v) is 10.2. The van der Waals surface area contributed by atoms with Crippen LogP contribution < -0.4 is 10.1 Å². The van der Waals surface area contributed by atoms with Crippen molar-refractivity contribution in [2.24, 2.45) is 0 Å². The molecule has 8 nitrogen and oxygen atoms in total. The van der Waals surface area contributed by atoms with Crippen molar-refractivity contribution in [1.82, 2.24) is 9.62 Å². The summed E-state index contributed by atoms with van der Waals surface area (Å²) >= 11 is 0. The smallest absolute Gasteiger partial charge is 0.338 e. The van der Waals surface area contributed by atoms with E-state index in [9.17, 15) is 18.0 Å². The van der Waals surface area contributed by atoms with Crippen LogP contribution in [0.4, 0.5) is 0 Å². The minimum atomic E-state index is -3.85. The molecule has 1 aliphatic carbocycles. The highest BCUT2D eigenvalue weighted by Crippen LogP contribution is 2.32. The van der Waals surface area contributed by atoms with Crippen LogP contribution in [-0.2, 0) is 19.6 Å². The molecule has 0 aromatic heterocycles. The van der Waals surface area contributed by atoms with Gasteiger partial charge in [0.1, 0.15) is 10.6 Å². The molecule has 1 heterocycles. The first kappa shape index (κ1) is 23.5. The first-order valence-corrected chi connectivity index (χ1v) is 12.4. The summed E-state index contributed by atoms with van der Waals surface area (Å²) in [6.45, 7) is 3.82. The highest BCUT2D eigenvalue weighted by molar-refractivity contribution is 7.89. The van der Waals surface area contributed by atoms with Gasteiger partial charge in [-0.2, -0.15) is 4.31 Å². The third-order valence-corrected chi connectivity index (χ3v) is 8.12. The van der Waals surface area contributed by atoms with Crippen molar-refractivity contribution in [2.75, 3.05) is 13.7 Å². The molecule has 1 aromatic carbocycles. The number of carbonyl (C=O) groups excluding carboxylic acids is 2. The Morgan fingerprint density at radius 2 is 1.81 bits per heavy atom. The molecule has 31 heavy (non-hydrogen) atoms. The summed E-state index contributed by atoms with van der Waals surface area (Å²) in [6, 6.07) is 4.17. The van der Waals surface area contributed by atoms with Crippen LogP contribution in [0.2, 0.25) is 0 Å². The monoisotopic (exact) mass is 452 g/mol. The van der Waals surface area contributed by atoms with Gasteiger partial charge < -0.3 is 14.8 Å². The van der Waals surface area contributed by atoms with Crippen molar-refractivity contribution in [1.29, 1.82) is 0 Å². The van der Waals surface area contributed by atoms with Gasteiger partial charge in [0.05, 0.1) is 12.7 Å². The fraction of sp³-hybridized carbons (Fsp3) is 0.636. The van der Waals surface area contributed by atoms with E-state index in [4.69, 9.17) is 9.47 Å². The number of nitrogens with one attached hydrogen (secondary N) is 1. The average Bonchev–Trinajstić information content (AvgIpc) is 3.26. The Morgan fingerprint density at radius 1 is 1.13 bits per heavy atom. The van der Waals surface area contributed by atoms with Crippen LogP contribution in [0.1, 0.15) is 69.2 Å². The third-order valence-electron chi connectivity index (χ3n) is 6.08. The van der Waals surface area contributed by atoms with E-state index in [2.05, 4.69) is 5.32 Å². The molecular formula is C22H32N2O6S. The van der Waals surface area contributed by atoms with Crippen molar-refractivity contribution in [2.45, 2.75) is 81.9 Å². The lowest BCUT2D eigenvalue weighted by Crippen LogP contribution is -2.42. The first-order chi connectivity index (χ1) is 14.7. The predicted octanol–water partition coefficient (Wildman–Crippen LogP) is 2.86. The van der Waals surface area contributed by atoms with Gasteiger partial charge in [-0.25, -0.2) is 13.2 Å². The number of hydrogen-bond acceptors (Lipinski definition) is 6. The lowest BCUT2D eigenvalue weighted by Gasteiger charge is -2.32. The summed E-state index contributed by atoms with van der Waals surface area (Å²) < 4.78 is 38.7. The van der Waals surface area contributed by atoms with Crippen LogP contribution in [0.25, 0.3) is 0 Å². The summed E-state index contributed by atoms with van der Waals surface area (Å²) in [4.78, 5) is 24.9. The van der Waals surface area contributed by atoms with Crippen molar-refractivity contribution in [3.05, 3.63) is 23.8 Å². The number of piperidine rings is 1. The number of rotatable bonds is 7. The number of sulfonamides is 1. The minimum absolute atomic E-state index is 0.0598. The van der Waals surface area contributed by atoms with E-state index >= 15 is 0 Å². The molecule has 1 aliphatic heterocycles. The maximum absolute atomic E-state index is 13.3. The number of nitrogens with zero attached hydrogens (tertiary/aromatic N) is 1. The van der Waals surface area contributed by atoms with Gasteiger partial charge in [0.15, 0.2) is 6.10 Å². The van der Waals surface area contributed by atoms with Crippen molar-refractivity contribution >= 4 is 21.9 Å². The summed E-state index contributed by atoms with van der Waals surface area (Å²) in [7, 11) is -2.46. The zero-order chi connectivity index (χ0) is 22.6. The van der Waals surface area contributed by atoms with Gasteiger partial charge in [0.2, 0.25) is 10.0 Å². The zero-order valence-corrected chi connectivity index (χ0v) is 19.2. The van der Waals surface area contributed by atoms with Gasteiger partial charge >= 0.3 is 5.97 Å². The number of benzene rings is 1. The Balaban J connectivity index is 1.77. The number of amides is 1. The van der Waals surface area contributed by atoms with Crippen LogP contribution in [0.5, 0.6) is 5.75 Å². The molecule has 1 aromatic rings. The fourth-order valence-electron chi connectivity index (χ4n) is 4.23. The van der Waals surface area contributed by atoms with E-state index in [-0.39, 0.29) is 34.2 Å². The Bertz CT molecular complexity index is 911. The van der Waals surface area contributed by atoms with Gasteiger partial charge in [-0.3, -0.25) is 4.79 Å². The Morgan fingerprint density at radius 3 is 2.45 bits per heavy atom. The first-order valence-electron chi connectivity index (χ1n) is 10.9. The van der Waals surface area contributed by atoms with Gasteiger partial charge in [-0.15, -0.1) is 0 Å². The highest BCUT2D eigenvalue weighted by atomic mass is 32.2. The van der Waals surface area contributed by atoms with Crippen LogP contribution in [0.15, 0.2) is 23.1 Å². The zero-order valence-electron chi connectivity index (χ0n) is 18.4. The molecule has 2 aliphatic rings. The lowest BCUT2D eigenvalue weighted by atomic mass is 10.1. The lowest BCUT2D eigenvalue weighted by molar-refractivity contribution is -0.129. The van der Waals surface area contributed by atoms with Gasteiger partial charge in [-0.1, -0.05) is 19.3 Å². The van der Waals surface area contributed by atoms with E-state index in [0.717, 1.165) is 44.9 Å². The predicted molar refractivity (Wildman–Crippen MR) is 115 cm³/mol. The van der Waals surface area contributed by atoms with E-state index in [1.165, 1.54) is 36.5 Å². The maximum Gasteiger partial charge on any atom is 0.338 e. The molecule has 0 unspecified atom stereocenters. The molecule has 1 amide bonds. The largest absolute Gasteiger partial charge is 0.495 e. The molecule has 1 saturated carbocycles. The molecule has 2 atom stereocenters. The number of carbonyl (C=O) groups is 2. The van der Waals surface area contributed by atoms with Crippen LogP contribution >= 0.6 is 0 Å². The molecule has 0 bridgehead atoms. The Hall–Kier alpha value is -2.13. The number of hydrogen-bond donors (Lipinski definition) is 1. The van der Waals surface area contributed by atoms with Crippen molar-refractivity contribution in [3.63, 3.8) is 0 Å². The molecule has 0 spiro atoms. The number of ether oxygens (including phenoxy) is 2. The summed E-state index contributed by atoms with van der Waals surface area (Å²) in [5, 5.41) is 2.90. The molecule has 172 valence electrons. The molecule has 9 heteroatoms. The molecule has 1 N–H and O–H groups in total. The molecule has 2 fully saturated rings. The quantitative estimate of drug-likeness (QED) is 0.639. The minimum Gasteiger partial charge on any atom is -0.495 e. The van der Waals surface area contributed by atoms with Crippen LogP contribution in [0, 0.1) is 0 Å². The second-order valence-electron chi connectivity index (χ2n) is 8.36. The summed E-state index contributed by atoms with van der Waals surface area (Å²) in [5.41, 5.74) is 0.0598. The standard InChI is InChI=1S/C22H32N2O6S/c1-15-8-6-7-13-24(15)31(27,28)20-14-17(11-12-19(20)29-3)22(26)30-16(2)21(25)23-18-9-4-5-10-18/h11-12,14-16,18H,4-10,13H2,1-3H3,(H,23,25)/t15-,16+/m1/s1. The third kappa shape index (κ3) is 5.38. The topological polar surface area (TPSA) is 102 Å². The maximum atomic E-state index is 13.3. The number of esters is 1. The van der Waals surface area contributed by atoms with Crippen LogP contribution in [-0.4, -0.2) is 56.4 Å². The van der Waals surface area contributed by atoms with Crippen molar-refractivity contribution < 1.29 is 27.5 Å².